The van der Waals surface area contributed by atoms with Gasteiger partial charge in [0.1, 0.15) is 0 Å². The molecule has 0 saturated heterocycles. The van der Waals surface area contributed by atoms with Gasteiger partial charge < -0.3 is 67.7 Å². The Bertz CT molecular complexity index is 239. The van der Waals surface area contributed by atoms with Gasteiger partial charge in [-0.3, -0.25) is 0 Å². The summed E-state index contributed by atoms with van der Waals surface area (Å²) in [5.74, 6) is 0. The van der Waals surface area contributed by atoms with Crippen molar-refractivity contribution in [1.82, 2.24) is 0 Å². The van der Waals surface area contributed by atoms with E-state index in [0.717, 1.165) is 0 Å². The van der Waals surface area contributed by atoms with Gasteiger partial charge in [0.15, 0.2) is 34.7 Å². The van der Waals surface area contributed by atoms with E-state index in [1.54, 1.807) is 0 Å². The van der Waals surface area contributed by atoms with Gasteiger partial charge >= 0.3 is 76.9 Å². The standard InChI is InChI=1S/5CH2O3.2Al.2Mg.2H2O.10H/c5*2-1(3)4;;;;;;;;;;;;;;;;/h5*(H2,2,3,4);;;;;2*1H2;;;;;;;;;;/q;;;;;;;2*+2;;;;;;;;;4*-1. The van der Waals surface area contributed by atoms with Crippen molar-refractivity contribution in [2.45, 2.75) is 0 Å². The predicted octanol–water partition coefficient (Wildman–Crippen LogP) is -3.22. The number of hydrogen-bond acceptors (Lipinski definition) is 5. The van der Waals surface area contributed by atoms with Crippen LogP contribution in [0.25, 0.3) is 0 Å². The van der Waals surface area contributed by atoms with Gasteiger partial charge in [-0.15, -0.1) is 0 Å². The molecule has 0 heterocycles. The minimum Gasteiger partial charge on any atom is -1.00 e. The van der Waals surface area contributed by atoms with Crippen LogP contribution in [0.5, 0.6) is 0 Å². The second-order valence-corrected chi connectivity index (χ2v) is 1.41. The summed E-state index contributed by atoms with van der Waals surface area (Å²) in [4.78, 5) is 42.8. The van der Waals surface area contributed by atoms with Gasteiger partial charge in [-0.2, -0.15) is 0 Å². The van der Waals surface area contributed by atoms with E-state index < -0.39 is 30.8 Å². The number of rotatable bonds is 0. The second kappa shape index (κ2) is 64.9. The van der Waals surface area contributed by atoms with Gasteiger partial charge in [0.2, 0.25) is 0 Å². The minimum atomic E-state index is -1.83. The molecule has 0 bridgehead atoms. The minimum absolute atomic E-state index is 0. The molecule has 0 aromatic rings. The van der Waals surface area contributed by atoms with E-state index in [4.69, 9.17) is 75.0 Å². The largest absolute Gasteiger partial charge is 2.00 e. The first kappa shape index (κ1) is 73.7. The zero-order valence-electron chi connectivity index (χ0n) is 15.4. The quantitative estimate of drug-likeness (QED) is 0.159. The Morgan fingerprint density at radius 2 is 0.385 bits per heavy atom. The molecule has 0 atom stereocenters. The van der Waals surface area contributed by atoms with Crippen LogP contribution >= 0.6 is 0 Å². The molecule has 0 unspecified atom stereocenters. The second-order valence-electron chi connectivity index (χ2n) is 1.41. The maximum Gasteiger partial charge on any atom is 2.00 e. The Balaban J connectivity index is -0.00000000666. The van der Waals surface area contributed by atoms with Crippen LogP contribution in [-0.4, -0.2) is 174 Å². The van der Waals surface area contributed by atoms with Crippen molar-refractivity contribution in [3.05, 3.63) is 0 Å². The van der Waals surface area contributed by atoms with Crippen molar-refractivity contribution in [2.24, 2.45) is 0 Å². The van der Waals surface area contributed by atoms with Crippen LogP contribution in [-0.2, 0) is 0 Å². The van der Waals surface area contributed by atoms with Crippen molar-refractivity contribution in [3.63, 3.8) is 0 Å². The summed E-state index contributed by atoms with van der Waals surface area (Å²) in [6, 6.07) is 0. The first-order valence-corrected chi connectivity index (χ1v) is 3.26. The van der Waals surface area contributed by atoms with E-state index >= 15 is 0 Å². The van der Waals surface area contributed by atoms with Crippen LogP contribution in [0.1, 0.15) is 5.71 Å². The molecule has 26 heavy (non-hydrogen) atoms. The molecule has 0 aliphatic rings. The van der Waals surface area contributed by atoms with Crippen molar-refractivity contribution in [1.29, 1.82) is 0 Å². The normalized spacial score (nSPS) is 4.62. The van der Waals surface area contributed by atoms with Crippen LogP contribution in [0.3, 0.4) is 0 Å². The summed E-state index contributed by atoms with van der Waals surface area (Å²) < 4.78 is 0. The van der Waals surface area contributed by atoms with Gasteiger partial charge in [-0.1, -0.05) is 0 Å². The molecule has 0 amide bonds. The Morgan fingerprint density at radius 3 is 0.385 bits per heavy atom. The Morgan fingerprint density at radius 1 is 0.385 bits per heavy atom. The Hall–Kier alpha value is -1.13. The first-order chi connectivity index (χ1) is 8.66. The molecule has 17 nitrogen and oxygen atoms in total. The molecule has 21 heteroatoms. The van der Waals surface area contributed by atoms with E-state index in [0.29, 0.717) is 0 Å². The maximum absolute atomic E-state index is 8.56. The fourth-order valence-electron chi connectivity index (χ4n) is 0. The van der Waals surface area contributed by atoms with Gasteiger partial charge in [0.25, 0.3) is 0 Å². The number of carbonyl (C=O) groups is 5. The van der Waals surface area contributed by atoms with Crippen LogP contribution in [0, 0.1) is 0 Å². The summed E-state index contributed by atoms with van der Waals surface area (Å²) in [7, 11) is 0. The first-order valence-electron chi connectivity index (χ1n) is 3.26. The molecular weight excluding hydrogens is 435 g/mol. The SMILES string of the molecule is O.O.O=C(O)O.O=C(O)O.O=C(O)O.O=C(O)O.O=C(O)O.[AlH3].[AlH3].[H-].[H-].[H-].[H-].[Mg+2].[Mg+2]. The molecular formula is C5H24Al2Mg2O17. The molecule has 0 saturated carbocycles. The topological polar surface area (TPSA) is 351 Å². The third-order valence-electron chi connectivity index (χ3n) is 0. The predicted molar refractivity (Wildman–Crippen MR) is 96.3 cm³/mol. The summed E-state index contributed by atoms with van der Waals surface area (Å²) in [5, 5.41) is 69.7. The molecule has 0 aromatic carbocycles. The van der Waals surface area contributed by atoms with Crippen LogP contribution in [0.2, 0.25) is 0 Å². The smallest absolute Gasteiger partial charge is 1.00 e. The fraction of sp³-hybridized carbons (Fsp3) is 0. The Kier molecular flexibility index (Phi) is 184. The summed E-state index contributed by atoms with van der Waals surface area (Å²) in [6.07, 6.45) is -9.17. The average molecular weight is 459 g/mol. The average Bonchev–Trinajstić information content (AvgIpc) is 1.94. The molecule has 0 rings (SSSR count). The Labute approximate surface area is 202 Å². The van der Waals surface area contributed by atoms with Crippen LogP contribution in [0.4, 0.5) is 24.0 Å². The zero-order chi connectivity index (χ0) is 17.9. The monoisotopic (exact) mass is 458 g/mol. The van der Waals surface area contributed by atoms with Crippen molar-refractivity contribution in [2.75, 3.05) is 0 Å². The molecule has 0 aliphatic carbocycles. The van der Waals surface area contributed by atoms with Gasteiger partial charge in [-0.25, -0.2) is 24.0 Å². The summed E-state index contributed by atoms with van der Waals surface area (Å²) >= 11 is 0. The van der Waals surface area contributed by atoms with Crippen molar-refractivity contribution in [3.8, 4) is 0 Å². The molecule has 0 spiro atoms. The zero-order valence-corrected chi connectivity index (χ0v) is 14.3. The van der Waals surface area contributed by atoms with E-state index in [1.807, 2.05) is 0 Å². The van der Waals surface area contributed by atoms with E-state index in [2.05, 4.69) is 0 Å². The number of hydrogen-bond donors (Lipinski definition) is 10. The summed E-state index contributed by atoms with van der Waals surface area (Å²) in [5.41, 5.74) is 0. The molecule has 14 N–H and O–H groups in total. The third-order valence-corrected chi connectivity index (χ3v) is 0. The van der Waals surface area contributed by atoms with Crippen molar-refractivity contribution >= 4 is 112 Å². The maximum atomic E-state index is 8.56. The fourth-order valence-corrected chi connectivity index (χ4v) is 0. The van der Waals surface area contributed by atoms with Crippen LogP contribution < -0.4 is 0 Å². The van der Waals surface area contributed by atoms with Gasteiger partial charge in [-0.05, 0) is 0 Å². The molecule has 0 fully saturated rings. The molecule has 0 aromatic heterocycles. The third kappa shape index (κ3) is 8520. The molecule has 0 aliphatic heterocycles. The summed E-state index contributed by atoms with van der Waals surface area (Å²) in [6.45, 7) is 0. The van der Waals surface area contributed by atoms with E-state index in [9.17, 15) is 0 Å². The van der Waals surface area contributed by atoms with E-state index in [-0.39, 0.29) is 97.5 Å². The molecule has 0 radical (unpaired) electrons. The van der Waals surface area contributed by atoms with Gasteiger partial charge in [0, 0.05) is 0 Å². The van der Waals surface area contributed by atoms with Crippen LogP contribution in [0.15, 0.2) is 0 Å². The number of carboxylic acid groups (broad SMARTS) is 10. The van der Waals surface area contributed by atoms with Crippen molar-refractivity contribution < 1.29 is 91.7 Å². The molecule has 156 valence electrons. The van der Waals surface area contributed by atoms with Gasteiger partial charge in [0.05, 0.1) is 0 Å². The van der Waals surface area contributed by atoms with E-state index in [1.165, 1.54) is 0 Å².